The molecule has 1 heteroatoms. The van der Waals surface area contributed by atoms with Crippen molar-refractivity contribution in [2.75, 3.05) is 6.26 Å². The van der Waals surface area contributed by atoms with Crippen LogP contribution in [-0.2, 0) is 0 Å². The zero-order valence-electron chi connectivity index (χ0n) is 5.64. The van der Waals surface area contributed by atoms with Crippen LogP contribution in [0.4, 0.5) is 0 Å². The van der Waals surface area contributed by atoms with Gasteiger partial charge in [-0.2, -0.15) is 0 Å². The van der Waals surface area contributed by atoms with E-state index in [1.54, 1.807) is 11.8 Å². The van der Waals surface area contributed by atoms with Crippen LogP contribution in [0.3, 0.4) is 0 Å². The molecule has 0 amide bonds. The molecular formula is C8H9S. The fourth-order valence-electron chi connectivity index (χ4n) is 0.726. The average Bonchev–Trinajstić information content (AvgIpc) is 1.89. The molecule has 0 aromatic heterocycles. The normalized spacial score (nSPS) is 9.56. The largest absolute Gasteiger partial charge is 0.129 e. The van der Waals surface area contributed by atoms with Gasteiger partial charge in [-0.3, -0.25) is 0 Å². The van der Waals surface area contributed by atoms with E-state index in [4.69, 9.17) is 0 Å². The van der Waals surface area contributed by atoms with Gasteiger partial charge < -0.3 is 0 Å². The van der Waals surface area contributed by atoms with Gasteiger partial charge in [0.05, 0.1) is 0 Å². The van der Waals surface area contributed by atoms with Crippen molar-refractivity contribution in [2.45, 2.75) is 11.8 Å². The molecule has 47 valence electrons. The fraction of sp³-hybridized carbons (Fsp3) is 0.250. The van der Waals surface area contributed by atoms with Crippen LogP contribution in [-0.4, -0.2) is 6.26 Å². The summed E-state index contributed by atoms with van der Waals surface area (Å²) in [6, 6.07) is 9.20. The predicted octanol–water partition coefficient (Wildman–Crippen LogP) is 2.52. The molecule has 1 radical (unpaired) electrons. The van der Waals surface area contributed by atoms with Gasteiger partial charge in [0.15, 0.2) is 0 Å². The van der Waals surface area contributed by atoms with Gasteiger partial charge in [0.2, 0.25) is 0 Å². The standard InChI is InChI=1S/C8H9S/c1-7-5-3-4-6-8(7)9-2/h3-5H,1-2H3. The smallest absolute Gasteiger partial charge is 0.0177 e. The van der Waals surface area contributed by atoms with Gasteiger partial charge in [0.1, 0.15) is 0 Å². The fourth-order valence-corrected chi connectivity index (χ4v) is 1.30. The first-order valence-electron chi connectivity index (χ1n) is 2.86. The van der Waals surface area contributed by atoms with E-state index in [2.05, 4.69) is 25.3 Å². The van der Waals surface area contributed by atoms with Crippen LogP contribution in [0, 0.1) is 13.0 Å². The summed E-state index contributed by atoms with van der Waals surface area (Å²) in [5.74, 6) is 0. The molecule has 1 rings (SSSR count). The second-order valence-corrected chi connectivity index (χ2v) is 2.70. The molecule has 1 aromatic rings. The summed E-state index contributed by atoms with van der Waals surface area (Å²) in [6.07, 6.45) is 2.07. The van der Waals surface area contributed by atoms with E-state index in [1.165, 1.54) is 10.5 Å². The molecule has 0 spiro atoms. The minimum absolute atomic E-state index is 1.25. The van der Waals surface area contributed by atoms with Gasteiger partial charge in [0, 0.05) is 4.90 Å². The molecule has 0 saturated heterocycles. The van der Waals surface area contributed by atoms with E-state index in [9.17, 15) is 0 Å². The third-order valence-electron chi connectivity index (χ3n) is 1.22. The molecule has 0 atom stereocenters. The zero-order valence-corrected chi connectivity index (χ0v) is 6.46. The first-order chi connectivity index (χ1) is 4.34. The molecule has 0 N–H and O–H groups in total. The van der Waals surface area contributed by atoms with Crippen molar-refractivity contribution in [3.8, 4) is 0 Å². The molecule has 9 heavy (non-hydrogen) atoms. The highest BCUT2D eigenvalue weighted by atomic mass is 32.2. The Kier molecular flexibility index (Phi) is 2.17. The van der Waals surface area contributed by atoms with E-state index in [1.807, 2.05) is 12.1 Å². The Labute approximate surface area is 60.3 Å². The second kappa shape index (κ2) is 2.92. The number of aryl methyl sites for hydroxylation is 1. The summed E-state index contributed by atoms with van der Waals surface area (Å²) in [7, 11) is 0. The van der Waals surface area contributed by atoms with Crippen molar-refractivity contribution < 1.29 is 0 Å². The van der Waals surface area contributed by atoms with Crippen LogP contribution < -0.4 is 0 Å². The first kappa shape index (κ1) is 6.69. The van der Waals surface area contributed by atoms with Gasteiger partial charge in [-0.25, -0.2) is 0 Å². The maximum Gasteiger partial charge on any atom is 0.0177 e. The molecule has 0 saturated carbocycles. The van der Waals surface area contributed by atoms with Crippen molar-refractivity contribution in [1.82, 2.24) is 0 Å². The van der Waals surface area contributed by atoms with Crippen LogP contribution in [0.15, 0.2) is 23.1 Å². The average molecular weight is 137 g/mol. The Balaban J connectivity index is 3.01. The molecule has 0 bridgehead atoms. The quantitative estimate of drug-likeness (QED) is 0.536. The Morgan fingerprint density at radius 2 is 2.33 bits per heavy atom. The van der Waals surface area contributed by atoms with Gasteiger partial charge in [0.25, 0.3) is 0 Å². The summed E-state index contributed by atoms with van der Waals surface area (Å²) in [4.78, 5) is 1.25. The molecule has 0 nitrogen and oxygen atoms in total. The number of hydrogen-bond donors (Lipinski definition) is 0. The van der Waals surface area contributed by atoms with Crippen molar-refractivity contribution in [3.63, 3.8) is 0 Å². The summed E-state index contributed by atoms with van der Waals surface area (Å²) in [6.45, 7) is 2.10. The Morgan fingerprint density at radius 1 is 1.56 bits per heavy atom. The summed E-state index contributed by atoms with van der Waals surface area (Å²) in [5, 5.41) is 0. The van der Waals surface area contributed by atoms with Crippen LogP contribution >= 0.6 is 11.8 Å². The minimum Gasteiger partial charge on any atom is -0.129 e. The lowest BCUT2D eigenvalue weighted by molar-refractivity contribution is 1.30. The van der Waals surface area contributed by atoms with Crippen LogP contribution in [0.25, 0.3) is 0 Å². The van der Waals surface area contributed by atoms with Crippen molar-refractivity contribution in [2.24, 2.45) is 0 Å². The third kappa shape index (κ3) is 1.49. The van der Waals surface area contributed by atoms with Crippen molar-refractivity contribution in [1.29, 1.82) is 0 Å². The topological polar surface area (TPSA) is 0 Å². The minimum atomic E-state index is 1.25. The molecule has 0 aliphatic rings. The first-order valence-corrected chi connectivity index (χ1v) is 4.08. The molecular weight excluding hydrogens is 128 g/mol. The van der Waals surface area contributed by atoms with E-state index in [0.717, 1.165) is 0 Å². The van der Waals surface area contributed by atoms with E-state index in [-0.39, 0.29) is 0 Å². The lowest BCUT2D eigenvalue weighted by Gasteiger charge is -1.97. The highest BCUT2D eigenvalue weighted by molar-refractivity contribution is 7.98. The molecule has 0 heterocycles. The predicted molar refractivity (Wildman–Crippen MR) is 41.8 cm³/mol. The molecule has 0 aliphatic carbocycles. The SMILES string of the molecule is CSc1[c]cccc1C. The third-order valence-corrected chi connectivity index (χ3v) is 2.07. The van der Waals surface area contributed by atoms with Crippen molar-refractivity contribution in [3.05, 3.63) is 29.8 Å². The van der Waals surface area contributed by atoms with Crippen LogP contribution in [0.5, 0.6) is 0 Å². The van der Waals surface area contributed by atoms with Gasteiger partial charge in [-0.1, -0.05) is 18.2 Å². The second-order valence-electron chi connectivity index (χ2n) is 1.89. The lowest BCUT2D eigenvalue weighted by Crippen LogP contribution is -1.74. The van der Waals surface area contributed by atoms with Crippen molar-refractivity contribution >= 4 is 11.8 Å². The lowest BCUT2D eigenvalue weighted by atomic mass is 10.2. The molecule has 1 aromatic carbocycles. The van der Waals surface area contributed by atoms with Gasteiger partial charge in [-0.05, 0) is 24.8 Å². The highest BCUT2D eigenvalue weighted by Gasteiger charge is 1.90. The summed E-state index contributed by atoms with van der Waals surface area (Å²) >= 11 is 1.74. The maximum atomic E-state index is 3.15. The Hall–Kier alpha value is -0.430. The Morgan fingerprint density at radius 3 is 2.78 bits per heavy atom. The monoisotopic (exact) mass is 137 g/mol. The maximum absolute atomic E-state index is 3.15. The van der Waals surface area contributed by atoms with Crippen LogP contribution in [0.1, 0.15) is 5.56 Å². The zero-order chi connectivity index (χ0) is 6.69. The molecule has 0 unspecified atom stereocenters. The molecule has 0 aliphatic heterocycles. The summed E-state index contributed by atoms with van der Waals surface area (Å²) in [5.41, 5.74) is 1.31. The van der Waals surface area contributed by atoms with Gasteiger partial charge in [-0.15, -0.1) is 11.8 Å². The number of rotatable bonds is 1. The highest BCUT2D eigenvalue weighted by Crippen LogP contribution is 2.17. The van der Waals surface area contributed by atoms with E-state index >= 15 is 0 Å². The Bertz CT molecular complexity index is 194. The molecule has 0 fully saturated rings. The number of benzene rings is 1. The number of thioether (sulfide) groups is 1. The number of hydrogen-bond acceptors (Lipinski definition) is 1. The summed E-state index contributed by atoms with van der Waals surface area (Å²) < 4.78 is 0. The van der Waals surface area contributed by atoms with Crippen LogP contribution in [0.2, 0.25) is 0 Å². The van der Waals surface area contributed by atoms with E-state index in [0.29, 0.717) is 0 Å². The van der Waals surface area contributed by atoms with Gasteiger partial charge >= 0.3 is 0 Å². The van der Waals surface area contributed by atoms with E-state index < -0.39 is 0 Å².